The molecule has 0 aromatic carbocycles. The molecule has 1 aliphatic rings. The molecule has 0 atom stereocenters. The molecule has 0 saturated heterocycles. The van der Waals surface area contributed by atoms with Crippen LogP contribution in [0.3, 0.4) is 0 Å². The Hall–Kier alpha value is -1.63. The maximum absolute atomic E-state index is 9.31. The van der Waals surface area contributed by atoms with E-state index in [4.69, 9.17) is 0 Å². The number of aryl methyl sites for hydroxylation is 1. The zero-order valence-electron chi connectivity index (χ0n) is 10.7. The van der Waals surface area contributed by atoms with Crippen LogP contribution >= 0.6 is 0 Å². The van der Waals surface area contributed by atoms with Gasteiger partial charge in [-0.05, 0) is 38.2 Å². The van der Waals surface area contributed by atoms with Gasteiger partial charge in [0.25, 0.3) is 0 Å². The normalized spacial score (nSPS) is 16.4. The lowest BCUT2D eigenvalue weighted by molar-refractivity contribution is 0.796. The average Bonchev–Trinajstić information content (AvgIpc) is 3.06. The predicted molar refractivity (Wildman–Crippen MR) is 66.8 cm³/mol. The smallest absolute Gasteiger partial charge is 0.167 e. The highest BCUT2D eigenvalue weighted by Crippen LogP contribution is 2.38. The monoisotopic (exact) mass is 230 g/mol. The first-order valence-electron chi connectivity index (χ1n) is 6.20. The van der Waals surface area contributed by atoms with Gasteiger partial charge in [-0.2, -0.15) is 10.4 Å². The highest BCUT2D eigenvalue weighted by Gasteiger charge is 2.38. The Morgan fingerprint density at radius 1 is 1.29 bits per heavy atom. The molecule has 0 aliphatic heterocycles. The second kappa shape index (κ2) is 4.33. The molecule has 1 heterocycles. The van der Waals surface area contributed by atoms with Crippen molar-refractivity contribution in [3.8, 4) is 6.07 Å². The fourth-order valence-corrected chi connectivity index (χ4v) is 1.98. The van der Waals surface area contributed by atoms with Crippen LogP contribution in [0.5, 0.6) is 0 Å². The molecule has 0 spiro atoms. The molecule has 1 aromatic heterocycles. The van der Waals surface area contributed by atoms with E-state index in [2.05, 4.69) is 35.4 Å². The average molecular weight is 230 g/mol. The maximum atomic E-state index is 9.31. The van der Waals surface area contributed by atoms with Crippen molar-refractivity contribution in [2.75, 3.05) is 5.32 Å². The Labute approximate surface area is 102 Å². The highest BCUT2D eigenvalue weighted by atomic mass is 15.2. The number of nitrogens with one attached hydrogen (secondary N) is 1. The molecule has 4 nitrogen and oxygen atoms in total. The van der Waals surface area contributed by atoms with Crippen LogP contribution in [0.4, 0.5) is 5.82 Å². The summed E-state index contributed by atoms with van der Waals surface area (Å²) in [6, 6.07) is 2.28. The zero-order chi connectivity index (χ0) is 12.5. The summed E-state index contributed by atoms with van der Waals surface area (Å²) in [6.07, 6.45) is 3.92. The molecule has 17 heavy (non-hydrogen) atoms. The van der Waals surface area contributed by atoms with E-state index < -0.39 is 0 Å². The Kier molecular flexibility index (Phi) is 3.01. The van der Waals surface area contributed by atoms with E-state index in [9.17, 15) is 5.26 Å². The Morgan fingerprint density at radius 3 is 2.47 bits per heavy atom. The van der Waals surface area contributed by atoms with Gasteiger partial charge in [0.1, 0.15) is 11.6 Å². The summed E-state index contributed by atoms with van der Waals surface area (Å²) < 4.78 is 0. The van der Waals surface area contributed by atoms with Crippen LogP contribution in [-0.2, 0) is 12.8 Å². The van der Waals surface area contributed by atoms with Gasteiger partial charge >= 0.3 is 0 Å². The molecule has 1 N–H and O–H groups in total. The summed E-state index contributed by atoms with van der Waals surface area (Å²) >= 11 is 0. The fourth-order valence-electron chi connectivity index (χ4n) is 1.98. The van der Waals surface area contributed by atoms with Gasteiger partial charge in [-0.3, -0.25) is 0 Å². The van der Waals surface area contributed by atoms with E-state index in [1.54, 1.807) is 0 Å². The lowest BCUT2D eigenvalue weighted by Crippen LogP contribution is -2.19. The maximum Gasteiger partial charge on any atom is 0.167 e. The van der Waals surface area contributed by atoms with Gasteiger partial charge in [0.2, 0.25) is 0 Å². The molecular weight excluding hydrogens is 212 g/mol. The third kappa shape index (κ3) is 2.23. The van der Waals surface area contributed by atoms with E-state index in [1.165, 1.54) is 0 Å². The van der Waals surface area contributed by atoms with Crippen LogP contribution in [0.15, 0.2) is 0 Å². The lowest BCUT2D eigenvalue weighted by Gasteiger charge is -2.15. The Bertz CT molecular complexity index is 469. The summed E-state index contributed by atoms with van der Waals surface area (Å²) in [5.41, 5.74) is 2.78. The molecule has 1 aliphatic carbocycles. The van der Waals surface area contributed by atoms with Gasteiger partial charge < -0.3 is 5.32 Å². The number of rotatable bonds is 4. The van der Waals surface area contributed by atoms with Crippen molar-refractivity contribution < 1.29 is 0 Å². The van der Waals surface area contributed by atoms with Crippen molar-refractivity contribution in [1.82, 2.24) is 10.2 Å². The Morgan fingerprint density at radius 2 is 2.00 bits per heavy atom. The number of nitriles is 1. The van der Waals surface area contributed by atoms with Crippen LogP contribution in [-0.4, -0.2) is 15.7 Å². The molecule has 90 valence electrons. The van der Waals surface area contributed by atoms with Crippen molar-refractivity contribution in [2.24, 2.45) is 0 Å². The highest BCUT2D eigenvalue weighted by molar-refractivity contribution is 5.58. The Balaban J connectivity index is 2.42. The second-order valence-electron chi connectivity index (χ2n) is 4.85. The topological polar surface area (TPSA) is 61.6 Å². The van der Waals surface area contributed by atoms with Gasteiger partial charge in [-0.25, -0.2) is 0 Å². The first kappa shape index (κ1) is 11.8. The van der Waals surface area contributed by atoms with E-state index in [-0.39, 0.29) is 5.54 Å². The molecule has 0 amide bonds. The molecule has 1 aromatic rings. The molecule has 0 radical (unpaired) electrons. The van der Waals surface area contributed by atoms with Gasteiger partial charge in [0.05, 0.1) is 5.69 Å². The molecule has 4 heteroatoms. The van der Waals surface area contributed by atoms with Crippen molar-refractivity contribution in [2.45, 2.75) is 52.0 Å². The van der Waals surface area contributed by atoms with E-state index in [1.807, 2.05) is 6.92 Å². The van der Waals surface area contributed by atoms with E-state index >= 15 is 0 Å². The van der Waals surface area contributed by atoms with Crippen molar-refractivity contribution >= 4 is 5.82 Å². The second-order valence-corrected chi connectivity index (χ2v) is 4.85. The number of nitrogens with zero attached hydrogens (tertiary/aromatic N) is 3. The standard InChI is InChI=1S/C13H18N4/c1-4-9-10(8-14)12(15-13(3)6-7-13)17-16-11(9)5-2/h4-7H2,1-3H3,(H,15,17). The third-order valence-electron chi connectivity index (χ3n) is 3.38. The lowest BCUT2D eigenvalue weighted by atomic mass is 10.0. The number of hydrogen-bond acceptors (Lipinski definition) is 4. The van der Waals surface area contributed by atoms with Crippen molar-refractivity contribution in [1.29, 1.82) is 5.26 Å². The van der Waals surface area contributed by atoms with Gasteiger partial charge in [0, 0.05) is 5.54 Å². The van der Waals surface area contributed by atoms with E-state index in [0.717, 1.165) is 36.9 Å². The van der Waals surface area contributed by atoms with Crippen molar-refractivity contribution in [3.63, 3.8) is 0 Å². The van der Waals surface area contributed by atoms with Crippen LogP contribution in [0, 0.1) is 11.3 Å². The van der Waals surface area contributed by atoms with Crippen molar-refractivity contribution in [3.05, 3.63) is 16.8 Å². The summed E-state index contributed by atoms with van der Waals surface area (Å²) in [5, 5.41) is 21.0. The van der Waals surface area contributed by atoms with E-state index in [0.29, 0.717) is 11.4 Å². The number of aromatic nitrogens is 2. The molecule has 1 saturated carbocycles. The SMILES string of the molecule is CCc1nnc(NC2(C)CC2)c(C#N)c1CC. The minimum Gasteiger partial charge on any atom is -0.362 e. The minimum absolute atomic E-state index is 0.124. The minimum atomic E-state index is 0.124. The summed E-state index contributed by atoms with van der Waals surface area (Å²) in [6.45, 7) is 6.24. The number of anilines is 1. The first-order chi connectivity index (χ1) is 8.13. The van der Waals surface area contributed by atoms with Crippen LogP contribution in [0.2, 0.25) is 0 Å². The quantitative estimate of drug-likeness (QED) is 0.863. The zero-order valence-corrected chi connectivity index (χ0v) is 10.7. The third-order valence-corrected chi connectivity index (χ3v) is 3.38. The van der Waals surface area contributed by atoms with Crippen LogP contribution < -0.4 is 5.32 Å². The summed E-state index contributed by atoms with van der Waals surface area (Å²) in [7, 11) is 0. The van der Waals surface area contributed by atoms with Crippen LogP contribution in [0.1, 0.15) is 50.4 Å². The van der Waals surface area contributed by atoms with Gasteiger partial charge in [0.15, 0.2) is 5.82 Å². The molecule has 0 unspecified atom stereocenters. The number of hydrogen-bond donors (Lipinski definition) is 1. The fraction of sp³-hybridized carbons (Fsp3) is 0.615. The van der Waals surface area contributed by atoms with Crippen LogP contribution in [0.25, 0.3) is 0 Å². The predicted octanol–water partition coefficient (Wildman–Crippen LogP) is 2.44. The summed E-state index contributed by atoms with van der Waals surface area (Å²) in [4.78, 5) is 0. The molecule has 0 bridgehead atoms. The summed E-state index contributed by atoms with van der Waals surface area (Å²) in [5.74, 6) is 0.654. The van der Waals surface area contributed by atoms with Gasteiger partial charge in [-0.1, -0.05) is 13.8 Å². The molecular formula is C13H18N4. The molecule has 1 fully saturated rings. The largest absolute Gasteiger partial charge is 0.362 e. The first-order valence-corrected chi connectivity index (χ1v) is 6.20. The molecule has 2 rings (SSSR count). The van der Waals surface area contributed by atoms with Gasteiger partial charge in [-0.15, -0.1) is 5.10 Å².